The fraction of sp³-hybridized carbons (Fsp3) is 0.125. The molecule has 0 saturated heterocycles. The summed E-state index contributed by atoms with van der Waals surface area (Å²) in [7, 11) is 1.41. The normalized spacial score (nSPS) is 11.4. The van der Waals surface area contributed by atoms with Gasteiger partial charge in [-0.1, -0.05) is 30.3 Å². The number of hydrogen-bond donors (Lipinski definition) is 1. The second kappa shape index (κ2) is 8.55. The van der Waals surface area contributed by atoms with Crippen molar-refractivity contribution in [2.75, 3.05) is 12.4 Å². The maximum atomic E-state index is 13.6. The van der Waals surface area contributed by atoms with E-state index < -0.39 is 11.7 Å². The SMILES string of the molecule is COc1ccc2nc(Nc3ccc(OCc4ccccc4)cc3)cc(C(F)(F)F)c2c1. The number of aromatic nitrogens is 1. The Bertz CT molecular complexity index is 1180. The molecule has 1 aromatic heterocycles. The Hall–Kier alpha value is -3.74. The van der Waals surface area contributed by atoms with Crippen molar-refractivity contribution in [2.45, 2.75) is 12.8 Å². The molecule has 4 aromatic rings. The van der Waals surface area contributed by atoms with Gasteiger partial charge in [0, 0.05) is 11.1 Å². The smallest absolute Gasteiger partial charge is 0.417 e. The number of nitrogens with zero attached hydrogens (tertiary/aromatic N) is 1. The largest absolute Gasteiger partial charge is 0.497 e. The van der Waals surface area contributed by atoms with Crippen LogP contribution >= 0.6 is 0 Å². The fourth-order valence-electron chi connectivity index (χ4n) is 3.15. The molecule has 158 valence electrons. The maximum Gasteiger partial charge on any atom is 0.417 e. The van der Waals surface area contributed by atoms with Crippen LogP contribution < -0.4 is 14.8 Å². The molecule has 0 amide bonds. The van der Waals surface area contributed by atoms with Gasteiger partial charge in [-0.3, -0.25) is 0 Å². The second-order valence-electron chi connectivity index (χ2n) is 6.86. The highest BCUT2D eigenvalue weighted by Crippen LogP contribution is 2.37. The Morgan fingerprint density at radius 3 is 2.26 bits per heavy atom. The molecule has 0 fully saturated rings. The van der Waals surface area contributed by atoms with Crippen LogP contribution in [0.1, 0.15) is 11.1 Å². The van der Waals surface area contributed by atoms with Crippen LogP contribution in [0.4, 0.5) is 24.7 Å². The molecule has 7 heteroatoms. The lowest BCUT2D eigenvalue weighted by Gasteiger charge is -2.14. The first kappa shape index (κ1) is 20.5. The van der Waals surface area contributed by atoms with Crippen LogP contribution in [0.2, 0.25) is 0 Å². The van der Waals surface area contributed by atoms with Gasteiger partial charge in [-0.2, -0.15) is 13.2 Å². The summed E-state index contributed by atoms with van der Waals surface area (Å²) in [6, 6.07) is 22.1. The van der Waals surface area contributed by atoms with Gasteiger partial charge in [0.1, 0.15) is 23.9 Å². The molecule has 0 spiro atoms. The molecule has 3 aromatic carbocycles. The summed E-state index contributed by atoms with van der Waals surface area (Å²) in [4.78, 5) is 4.32. The molecule has 1 N–H and O–H groups in total. The summed E-state index contributed by atoms with van der Waals surface area (Å²) in [5, 5.41) is 2.93. The Kier molecular flexibility index (Phi) is 5.66. The molecule has 31 heavy (non-hydrogen) atoms. The summed E-state index contributed by atoms with van der Waals surface area (Å²) in [6.07, 6.45) is -4.53. The van der Waals surface area contributed by atoms with E-state index in [9.17, 15) is 13.2 Å². The zero-order chi connectivity index (χ0) is 21.8. The monoisotopic (exact) mass is 424 g/mol. The Labute approximate surface area is 177 Å². The van der Waals surface area contributed by atoms with Gasteiger partial charge in [-0.15, -0.1) is 0 Å². The van der Waals surface area contributed by atoms with Crippen LogP contribution in [0.25, 0.3) is 10.9 Å². The van der Waals surface area contributed by atoms with Crippen LogP contribution in [0.15, 0.2) is 78.9 Å². The van der Waals surface area contributed by atoms with E-state index in [2.05, 4.69) is 10.3 Å². The van der Waals surface area contributed by atoms with Crippen molar-refractivity contribution in [3.8, 4) is 11.5 Å². The summed E-state index contributed by atoms with van der Waals surface area (Å²) in [6.45, 7) is 0.429. The molecule has 0 aliphatic carbocycles. The minimum absolute atomic E-state index is 0.0120. The number of anilines is 2. The van der Waals surface area contributed by atoms with E-state index in [0.29, 0.717) is 23.8 Å². The molecule has 0 saturated carbocycles. The van der Waals surface area contributed by atoms with Crippen LogP contribution in [0.5, 0.6) is 11.5 Å². The van der Waals surface area contributed by atoms with Crippen LogP contribution in [-0.2, 0) is 12.8 Å². The third-order valence-corrected chi connectivity index (χ3v) is 4.70. The number of hydrogen-bond acceptors (Lipinski definition) is 4. The fourth-order valence-corrected chi connectivity index (χ4v) is 3.15. The standard InChI is InChI=1S/C24H19F3N2O2/c1-30-19-11-12-22-20(13-19)21(24(25,26)27)14-23(29-22)28-17-7-9-18(10-8-17)31-15-16-5-3-2-4-6-16/h2-14H,15H2,1H3,(H,28,29). The quantitative estimate of drug-likeness (QED) is 0.379. The number of methoxy groups -OCH3 is 1. The summed E-state index contributed by atoms with van der Waals surface area (Å²) < 4.78 is 51.7. The van der Waals surface area contributed by atoms with Crippen LogP contribution in [0.3, 0.4) is 0 Å². The predicted octanol–water partition coefficient (Wildman–Crippen LogP) is 6.58. The van der Waals surface area contributed by atoms with Gasteiger partial charge in [0.15, 0.2) is 0 Å². The van der Waals surface area contributed by atoms with Gasteiger partial charge in [0.25, 0.3) is 0 Å². The molecule has 4 rings (SSSR count). The number of alkyl halides is 3. The molecule has 0 atom stereocenters. The zero-order valence-corrected chi connectivity index (χ0v) is 16.6. The molecule has 0 bridgehead atoms. The first-order valence-electron chi connectivity index (χ1n) is 9.52. The molecule has 1 heterocycles. The van der Waals surface area contributed by atoms with E-state index in [-0.39, 0.29) is 16.7 Å². The number of benzene rings is 3. The van der Waals surface area contributed by atoms with E-state index in [0.717, 1.165) is 11.6 Å². The van der Waals surface area contributed by atoms with E-state index in [4.69, 9.17) is 9.47 Å². The van der Waals surface area contributed by atoms with Crippen molar-refractivity contribution in [2.24, 2.45) is 0 Å². The summed E-state index contributed by atoms with van der Waals surface area (Å²) >= 11 is 0. The van der Waals surface area contributed by atoms with Gasteiger partial charge in [0.05, 0.1) is 18.2 Å². The van der Waals surface area contributed by atoms with Gasteiger partial charge in [-0.05, 0) is 54.1 Å². The number of fused-ring (bicyclic) bond motifs is 1. The highest BCUT2D eigenvalue weighted by Gasteiger charge is 2.33. The number of pyridine rings is 1. The molecular weight excluding hydrogens is 405 g/mol. The van der Waals surface area contributed by atoms with E-state index >= 15 is 0 Å². The topological polar surface area (TPSA) is 43.4 Å². The first-order valence-corrected chi connectivity index (χ1v) is 9.52. The molecule has 0 unspecified atom stereocenters. The lowest BCUT2D eigenvalue weighted by Crippen LogP contribution is -2.08. The van der Waals surface area contributed by atoms with Crippen molar-refractivity contribution >= 4 is 22.4 Å². The van der Waals surface area contributed by atoms with Crippen molar-refractivity contribution in [1.82, 2.24) is 4.98 Å². The minimum atomic E-state index is -4.53. The Balaban J connectivity index is 1.55. The molecule has 0 aliphatic rings. The lowest BCUT2D eigenvalue weighted by atomic mass is 10.1. The van der Waals surface area contributed by atoms with Crippen molar-refractivity contribution in [1.29, 1.82) is 0 Å². The lowest BCUT2D eigenvalue weighted by molar-refractivity contribution is -0.136. The van der Waals surface area contributed by atoms with E-state index in [1.165, 1.54) is 19.2 Å². The highest BCUT2D eigenvalue weighted by atomic mass is 19.4. The van der Waals surface area contributed by atoms with Gasteiger partial charge in [0.2, 0.25) is 0 Å². The minimum Gasteiger partial charge on any atom is -0.497 e. The van der Waals surface area contributed by atoms with Crippen LogP contribution in [0, 0.1) is 0 Å². The molecule has 0 radical (unpaired) electrons. The Morgan fingerprint density at radius 2 is 1.58 bits per heavy atom. The molecule has 0 aliphatic heterocycles. The van der Waals surface area contributed by atoms with Crippen molar-refractivity contribution in [3.63, 3.8) is 0 Å². The number of nitrogens with one attached hydrogen (secondary N) is 1. The summed E-state index contributed by atoms with van der Waals surface area (Å²) in [5.41, 5.74) is 1.09. The zero-order valence-electron chi connectivity index (χ0n) is 16.6. The Morgan fingerprint density at radius 1 is 0.871 bits per heavy atom. The predicted molar refractivity (Wildman–Crippen MR) is 114 cm³/mol. The van der Waals surface area contributed by atoms with Crippen LogP contribution in [-0.4, -0.2) is 12.1 Å². The van der Waals surface area contributed by atoms with E-state index in [1.54, 1.807) is 30.3 Å². The third-order valence-electron chi connectivity index (χ3n) is 4.70. The van der Waals surface area contributed by atoms with Gasteiger partial charge < -0.3 is 14.8 Å². The maximum absolute atomic E-state index is 13.6. The average Bonchev–Trinajstić information content (AvgIpc) is 2.78. The second-order valence-corrected chi connectivity index (χ2v) is 6.86. The third kappa shape index (κ3) is 4.88. The number of halogens is 3. The first-order chi connectivity index (χ1) is 14.9. The summed E-state index contributed by atoms with van der Waals surface area (Å²) in [5.74, 6) is 1.10. The molecular formula is C24H19F3N2O2. The highest BCUT2D eigenvalue weighted by molar-refractivity contribution is 5.86. The van der Waals surface area contributed by atoms with E-state index in [1.807, 2.05) is 30.3 Å². The number of rotatable bonds is 6. The average molecular weight is 424 g/mol. The van der Waals surface area contributed by atoms with Crippen molar-refractivity contribution < 1.29 is 22.6 Å². The van der Waals surface area contributed by atoms with Gasteiger partial charge in [-0.25, -0.2) is 4.98 Å². The van der Waals surface area contributed by atoms with Crippen molar-refractivity contribution in [3.05, 3.63) is 90.0 Å². The molecule has 4 nitrogen and oxygen atoms in total. The van der Waals surface area contributed by atoms with Gasteiger partial charge >= 0.3 is 6.18 Å². The number of ether oxygens (including phenoxy) is 2.